The van der Waals surface area contributed by atoms with E-state index in [1.807, 2.05) is 47.4 Å². The first-order valence-electron chi connectivity index (χ1n) is 8.00. The largest absolute Gasteiger partial charge is 0.312 e. The Kier molecular flexibility index (Phi) is 4.99. The van der Waals surface area contributed by atoms with Gasteiger partial charge in [0.05, 0.1) is 0 Å². The Labute approximate surface area is 142 Å². The molecule has 0 saturated heterocycles. The Hall–Kier alpha value is -1.84. The maximum Gasteiger partial charge on any atom is 0.228 e. The molecule has 23 heavy (non-hydrogen) atoms. The van der Waals surface area contributed by atoms with Crippen LogP contribution in [0.2, 0.25) is 5.02 Å². The predicted molar refractivity (Wildman–Crippen MR) is 94.9 cm³/mol. The highest BCUT2D eigenvalue weighted by Crippen LogP contribution is 2.32. The van der Waals surface area contributed by atoms with Crippen molar-refractivity contribution in [3.63, 3.8) is 0 Å². The number of amides is 1. The Morgan fingerprint density at radius 2 is 1.96 bits per heavy atom. The van der Waals surface area contributed by atoms with Gasteiger partial charge in [-0.1, -0.05) is 41.9 Å². The summed E-state index contributed by atoms with van der Waals surface area (Å²) in [5, 5.41) is 4.07. The topological polar surface area (TPSA) is 32.3 Å². The van der Waals surface area contributed by atoms with Crippen molar-refractivity contribution in [2.75, 3.05) is 11.4 Å². The molecule has 1 unspecified atom stereocenters. The van der Waals surface area contributed by atoms with E-state index in [-0.39, 0.29) is 11.9 Å². The van der Waals surface area contributed by atoms with Crippen LogP contribution >= 0.6 is 11.6 Å². The lowest BCUT2D eigenvalue weighted by Crippen LogP contribution is -2.37. The van der Waals surface area contributed by atoms with Gasteiger partial charge in [0, 0.05) is 36.3 Å². The number of anilines is 1. The summed E-state index contributed by atoms with van der Waals surface area (Å²) in [7, 11) is 0. The smallest absolute Gasteiger partial charge is 0.228 e. The molecular formula is C19H21ClN2O. The minimum absolute atomic E-state index is 0.186. The number of rotatable bonds is 5. The number of para-hydroxylation sites is 1. The van der Waals surface area contributed by atoms with E-state index in [1.165, 1.54) is 11.1 Å². The van der Waals surface area contributed by atoms with E-state index in [9.17, 15) is 4.79 Å². The summed E-state index contributed by atoms with van der Waals surface area (Å²) in [6.07, 6.45) is 1.45. The molecule has 1 atom stereocenters. The lowest BCUT2D eigenvalue weighted by molar-refractivity contribution is -0.118. The molecule has 0 aliphatic carbocycles. The molecule has 0 bridgehead atoms. The Bertz CT molecular complexity index is 684. The van der Waals surface area contributed by atoms with Gasteiger partial charge in [-0.3, -0.25) is 4.79 Å². The zero-order valence-electron chi connectivity index (χ0n) is 13.3. The molecule has 0 saturated carbocycles. The van der Waals surface area contributed by atoms with E-state index >= 15 is 0 Å². The Balaban J connectivity index is 1.51. The van der Waals surface area contributed by atoms with Gasteiger partial charge in [-0.15, -0.1) is 0 Å². The summed E-state index contributed by atoms with van der Waals surface area (Å²) in [6.45, 7) is 3.53. The van der Waals surface area contributed by atoms with E-state index in [4.69, 9.17) is 11.6 Å². The first-order valence-corrected chi connectivity index (χ1v) is 8.38. The number of hydrogen-bond acceptors (Lipinski definition) is 2. The van der Waals surface area contributed by atoms with Gasteiger partial charge in [0.25, 0.3) is 0 Å². The van der Waals surface area contributed by atoms with Crippen molar-refractivity contribution in [2.24, 2.45) is 0 Å². The molecule has 3 rings (SSSR count). The van der Waals surface area contributed by atoms with Gasteiger partial charge in [-0.25, -0.2) is 0 Å². The quantitative estimate of drug-likeness (QED) is 0.847. The monoisotopic (exact) mass is 328 g/mol. The van der Waals surface area contributed by atoms with Crippen LogP contribution < -0.4 is 10.2 Å². The number of halogens is 1. The van der Waals surface area contributed by atoms with Gasteiger partial charge in [0.2, 0.25) is 5.91 Å². The number of carbonyl (C=O) groups excluding carboxylic acids is 1. The van der Waals surface area contributed by atoms with E-state index in [2.05, 4.69) is 18.3 Å². The summed E-state index contributed by atoms with van der Waals surface area (Å²) in [5.74, 6) is 0.186. The van der Waals surface area contributed by atoms with Crippen molar-refractivity contribution in [3.8, 4) is 0 Å². The molecular weight excluding hydrogens is 308 g/mol. The zero-order valence-corrected chi connectivity index (χ0v) is 14.0. The van der Waals surface area contributed by atoms with Crippen LogP contribution in [0.15, 0.2) is 48.5 Å². The number of fused-ring (bicyclic) bond motifs is 1. The highest BCUT2D eigenvalue weighted by atomic mass is 35.5. The second kappa shape index (κ2) is 7.16. The average molecular weight is 329 g/mol. The van der Waals surface area contributed by atoms with Crippen molar-refractivity contribution in [2.45, 2.75) is 32.4 Å². The van der Waals surface area contributed by atoms with Gasteiger partial charge in [0.15, 0.2) is 0 Å². The average Bonchev–Trinajstić information content (AvgIpc) is 2.89. The van der Waals surface area contributed by atoms with Crippen LogP contribution in [0.3, 0.4) is 0 Å². The van der Waals surface area contributed by atoms with Crippen LogP contribution in [0, 0.1) is 0 Å². The third-order valence-corrected chi connectivity index (χ3v) is 4.49. The van der Waals surface area contributed by atoms with Crippen molar-refractivity contribution in [3.05, 3.63) is 64.7 Å². The zero-order chi connectivity index (χ0) is 16.2. The van der Waals surface area contributed by atoms with E-state index < -0.39 is 0 Å². The molecule has 1 N–H and O–H groups in total. The number of carbonyl (C=O) groups is 1. The Morgan fingerprint density at radius 1 is 1.22 bits per heavy atom. The van der Waals surface area contributed by atoms with Crippen molar-refractivity contribution >= 4 is 23.2 Å². The maximum absolute atomic E-state index is 12.5. The van der Waals surface area contributed by atoms with Gasteiger partial charge in [-0.2, -0.15) is 0 Å². The summed E-state index contributed by atoms with van der Waals surface area (Å²) in [4.78, 5) is 14.5. The van der Waals surface area contributed by atoms with Crippen LogP contribution in [0.1, 0.15) is 24.5 Å². The lowest BCUT2D eigenvalue weighted by atomic mass is 10.1. The highest BCUT2D eigenvalue weighted by molar-refractivity contribution is 6.30. The second-order valence-corrected chi connectivity index (χ2v) is 6.44. The SMILES string of the molecule is CC1Cc2ccccc2N1C(=O)CCNCc1ccc(Cl)cc1. The van der Waals surface area contributed by atoms with Gasteiger partial charge in [-0.05, 0) is 42.7 Å². The van der Waals surface area contributed by atoms with Crippen molar-refractivity contribution in [1.29, 1.82) is 0 Å². The summed E-state index contributed by atoms with van der Waals surface area (Å²) < 4.78 is 0. The molecule has 1 aliphatic rings. The molecule has 0 fully saturated rings. The molecule has 2 aromatic carbocycles. The first-order chi connectivity index (χ1) is 11.1. The third kappa shape index (κ3) is 3.74. The lowest BCUT2D eigenvalue weighted by Gasteiger charge is -2.22. The molecule has 1 aliphatic heterocycles. The second-order valence-electron chi connectivity index (χ2n) is 6.00. The van der Waals surface area contributed by atoms with E-state index in [0.717, 1.165) is 23.7 Å². The summed E-state index contributed by atoms with van der Waals surface area (Å²) >= 11 is 5.87. The van der Waals surface area contributed by atoms with Gasteiger partial charge < -0.3 is 10.2 Å². The van der Waals surface area contributed by atoms with Gasteiger partial charge in [0.1, 0.15) is 0 Å². The van der Waals surface area contributed by atoms with E-state index in [0.29, 0.717) is 13.0 Å². The van der Waals surface area contributed by atoms with Crippen LogP contribution in [0.4, 0.5) is 5.69 Å². The third-order valence-electron chi connectivity index (χ3n) is 4.23. The minimum atomic E-state index is 0.186. The normalized spacial score (nSPS) is 16.4. The number of benzene rings is 2. The fourth-order valence-electron chi connectivity index (χ4n) is 3.10. The highest BCUT2D eigenvalue weighted by Gasteiger charge is 2.29. The maximum atomic E-state index is 12.5. The molecule has 2 aromatic rings. The molecule has 1 heterocycles. The van der Waals surface area contributed by atoms with Crippen LogP contribution in [-0.4, -0.2) is 18.5 Å². The first kappa shape index (κ1) is 16.0. The molecule has 1 amide bonds. The number of nitrogens with one attached hydrogen (secondary N) is 1. The van der Waals surface area contributed by atoms with Crippen LogP contribution in [-0.2, 0) is 17.8 Å². The van der Waals surface area contributed by atoms with Crippen LogP contribution in [0.5, 0.6) is 0 Å². The van der Waals surface area contributed by atoms with Crippen molar-refractivity contribution < 1.29 is 4.79 Å². The molecule has 0 spiro atoms. The minimum Gasteiger partial charge on any atom is -0.312 e. The van der Waals surface area contributed by atoms with Gasteiger partial charge >= 0.3 is 0 Å². The summed E-state index contributed by atoms with van der Waals surface area (Å²) in [5.41, 5.74) is 3.51. The molecule has 0 aromatic heterocycles. The molecule has 3 nitrogen and oxygen atoms in total. The predicted octanol–water partition coefficient (Wildman–Crippen LogP) is 3.80. The molecule has 0 radical (unpaired) electrons. The molecule has 4 heteroatoms. The fourth-order valence-corrected chi connectivity index (χ4v) is 3.22. The Morgan fingerprint density at radius 3 is 2.74 bits per heavy atom. The van der Waals surface area contributed by atoms with Crippen molar-refractivity contribution in [1.82, 2.24) is 5.32 Å². The van der Waals surface area contributed by atoms with Crippen LogP contribution in [0.25, 0.3) is 0 Å². The molecule has 120 valence electrons. The fraction of sp³-hybridized carbons (Fsp3) is 0.316. The summed E-state index contributed by atoms with van der Waals surface area (Å²) in [6, 6.07) is 16.2. The standard InChI is InChI=1S/C19H21ClN2O/c1-14-12-16-4-2-3-5-18(16)22(14)19(23)10-11-21-13-15-6-8-17(20)9-7-15/h2-9,14,21H,10-13H2,1H3. The number of hydrogen-bond donors (Lipinski definition) is 1. The number of nitrogens with zero attached hydrogens (tertiary/aromatic N) is 1. The van der Waals surface area contributed by atoms with E-state index in [1.54, 1.807) is 0 Å².